The molecule has 0 aliphatic heterocycles. The van der Waals surface area contributed by atoms with Gasteiger partial charge in [-0.15, -0.1) is 0 Å². The first-order chi connectivity index (χ1) is 6.61. The van der Waals surface area contributed by atoms with Gasteiger partial charge in [0.1, 0.15) is 0 Å². The second kappa shape index (κ2) is 7.43. The van der Waals surface area contributed by atoms with E-state index in [1.807, 2.05) is 12.2 Å². The maximum absolute atomic E-state index is 3.64. The molecule has 0 aromatic carbocycles. The lowest BCUT2D eigenvalue weighted by Crippen LogP contribution is -2.24. The maximum Gasteiger partial charge on any atom is 0.0264 e. The number of rotatable bonds is 6. The summed E-state index contributed by atoms with van der Waals surface area (Å²) in [5.41, 5.74) is 2.75. The van der Waals surface area contributed by atoms with Crippen LogP contribution in [0.3, 0.4) is 0 Å². The summed E-state index contributed by atoms with van der Waals surface area (Å²) >= 11 is 0. The molecule has 80 valence electrons. The largest absolute Gasteiger partial charge is 0.386 e. The van der Waals surface area contributed by atoms with E-state index in [1.165, 1.54) is 11.3 Å². The van der Waals surface area contributed by atoms with Gasteiger partial charge in [0.25, 0.3) is 0 Å². The Morgan fingerprint density at radius 2 is 2.07 bits per heavy atom. The minimum atomic E-state index is 0.493. The van der Waals surface area contributed by atoms with Gasteiger partial charge in [0.2, 0.25) is 0 Å². The molecule has 0 aliphatic rings. The van der Waals surface area contributed by atoms with Crippen LogP contribution in [0.1, 0.15) is 40.5 Å². The van der Waals surface area contributed by atoms with Gasteiger partial charge in [0.15, 0.2) is 0 Å². The van der Waals surface area contributed by atoms with Crippen molar-refractivity contribution in [3.05, 3.63) is 36.1 Å². The van der Waals surface area contributed by atoms with Crippen molar-refractivity contribution in [3.8, 4) is 0 Å². The van der Waals surface area contributed by atoms with Crippen LogP contribution >= 0.6 is 0 Å². The molecule has 0 bridgehead atoms. The minimum Gasteiger partial charge on any atom is -0.386 e. The van der Waals surface area contributed by atoms with Gasteiger partial charge in [-0.3, -0.25) is 0 Å². The first-order valence-corrected chi connectivity index (χ1v) is 5.32. The number of nitrogens with one attached hydrogen (secondary N) is 1. The Labute approximate surface area is 88.6 Å². The molecule has 0 aromatic heterocycles. The molecular formula is C13H23N. The van der Waals surface area contributed by atoms with Gasteiger partial charge >= 0.3 is 0 Å². The summed E-state index contributed by atoms with van der Waals surface area (Å²) in [7, 11) is 0. The SMILES string of the molecule is C=C/C=C\CC(C)N/C(C)=C(\C)CC. The highest BCUT2D eigenvalue weighted by atomic mass is 14.9. The zero-order valence-corrected chi connectivity index (χ0v) is 9.93. The smallest absolute Gasteiger partial charge is 0.0264 e. The molecule has 1 heteroatoms. The van der Waals surface area contributed by atoms with Gasteiger partial charge < -0.3 is 5.32 Å². The van der Waals surface area contributed by atoms with Crippen molar-refractivity contribution in [2.24, 2.45) is 0 Å². The predicted molar refractivity (Wildman–Crippen MR) is 65.2 cm³/mol. The topological polar surface area (TPSA) is 12.0 Å². The Morgan fingerprint density at radius 1 is 1.43 bits per heavy atom. The quantitative estimate of drug-likeness (QED) is 0.633. The van der Waals surface area contributed by atoms with Crippen molar-refractivity contribution < 1.29 is 0 Å². The third kappa shape index (κ3) is 5.63. The lowest BCUT2D eigenvalue weighted by molar-refractivity contribution is 0.615. The molecule has 0 fully saturated rings. The Morgan fingerprint density at radius 3 is 2.57 bits per heavy atom. The number of hydrogen-bond acceptors (Lipinski definition) is 1. The average Bonchev–Trinajstić information content (AvgIpc) is 2.16. The highest BCUT2D eigenvalue weighted by Gasteiger charge is 2.00. The van der Waals surface area contributed by atoms with Crippen molar-refractivity contribution in [2.45, 2.75) is 46.6 Å². The van der Waals surface area contributed by atoms with Crippen LogP contribution in [-0.4, -0.2) is 6.04 Å². The third-order valence-corrected chi connectivity index (χ3v) is 2.40. The lowest BCUT2D eigenvalue weighted by atomic mass is 10.1. The number of hydrogen-bond donors (Lipinski definition) is 1. The van der Waals surface area contributed by atoms with E-state index >= 15 is 0 Å². The van der Waals surface area contributed by atoms with Crippen LogP contribution in [-0.2, 0) is 0 Å². The molecule has 0 aliphatic carbocycles. The van der Waals surface area contributed by atoms with E-state index in [0.717, 1.165) is 12.8 Å². The van der Waals surface area contributed by atoms with Crippen LogP contribution in [0.5, 0.6) is 0 Å². The van der Waals surface area contributed by atoms with Gasteiger partial charge in [-0.05, 0) is 33.6 Å². The van der Waals surface area contributed by atoms with Crippen molar-refractivity contribution in [3.63, 3.8) is 0 Å². The summed E-state index contributed by atoms with van der Waals surface area (Å²) in [6.45, 7) is 12.3. The van der Waals surface area contributed by atoms with E-state index < -0.39 is 0 Å². The van der Waals surface area contributed by atoms with E-state index in [9.17, 15) is 0 Å². The van der Waals surface area contributed by atoms with E-state index in [1.54, 1.807) is 0 Å². The molecule has 1 unspecified atom stereocenters. The zero-order chi connectivity index (χ0) is 11.0. The standard InChI is InChI=1S/C13H23N/c1-6-8-9-10-12(4)14-13(5)11(3)7-2/h6,8-9,12,14H,1,7,10H2,2-5H3/b9-8-,13-11+. The molecule has 0 aromatic rings. The summed E-state index contributed by atoms with van der Waals surface area (Å²) in [5, 5.41) is 3.48. The van der Waals surface area contributed by atoms with E-state index in [-0.39, 0.29) is 0 Å². The van der Waals surface area contributed by atoms with Crippen LogP contribution < -0.4 is 5.32 Å². The highest BCUT2D eigenvalue weighted by molar-refractivity contribution is 5.08. The third-order valence-electron chi connectivity index (χ3n) is 2.40. The first-order valence-electron chi connectivity index (χ1n) is 5.32. The zero-order valence-electron chi connectivity index (χ0n) is 9.93. The molecule has 1 atom stereocenters. The number of allylic oxidation sites excluding steroid dienone is 4. The monoisotopic (exact) mass is 193 g/mol. The Balaban J connectivity index is 3.99. The van der Waals surface area contributed by atoms with Crippen molar-refractivity contribution in [1.29, 1.82) is 0 Å². The summed E-state index contributed by atoms with van der Waals surface area (Å²) in [6, 6.07) is 0.493. The van der Waals surface area contributed by atoms with E-state index in [2.05, 4.69) is 45.7 Å². The van der Waals surface area contributed by atoms with Crippen molar-refractivity contribution in [2.75, 3.05) is 0 Å². The van der Waals surface area contributed by atoms with Gasteiger partial charge in [-0.25, -0.2) is 0 Å². The lowest BCUT2D eigenvalue weighted by Gasteiger charge is -2.15. The van der Waals surface area contributed by atoms with Gasteiger partial charge in [-0.1, -0.05) is 37.3 Å². The Bertz CT molecular complexity index is 223. The Hall–Kier alpha value is -0.980. The van der Waals surface area contributed by atoms with Crippen LogP contribution in [0.15, 0.2) is 36.1 Å². The molecule has 0 radical (unpaired) electrons. The van der Waals surface area contributed by atoms with Crippen LogP contribution in [0.4, 0.5) is 0 Å². The molecule has 14 heavy (non-hydrogen) atoms. The molecule has 1 nitrogen and oxygen atoms in total. The second-order valence-corrected chi connectivity index (χ2v) is 3.70. The molecule has 1 N–H and O–H groups in total. The minimum absolute atomic E-state index is 0.493. The van der Waals surface area contributed by atoms with E-state index in [0.29, 0.717) is 6.04 Å². The van der Waals surface area contributed by atoms with Crippen LogP contribution in [0.2, 0.25) is 0 Å². The van der Waals surface area contributed by atoms with Crippen molar-refractivity contribution in [1.82, 2.24) is 5.32 Å². The molecule has 0 heterocycles. The van der Waals surface area contributed by atoms with Gasteiger partial charge in [0, 0.05) is 11.7 Å². The normalized spacial score (nSPS) is 15.1. The van der Waals surface area contributed by atoms with Crippen molar-refractivity contribution >= 4 is 0 Å². The van der Waals surface area contributed by atoms with Gasteiger partial charge in [-0.2, -0.15) is 0 Å². The molecular weight excluding hydrogens is 170 g/mol. The average molecular weight is 193 g/mol. The summed E-state index contributed by atoms with van der Waals surface area (Å²) < 4.78 is 0. The molecule has 0 saturated carbocycles. The molecule has 0 amide bonds. The van der Waals surface area contributed by atoms with Crippen LogP contribution in [0, 0.1) is 0 Å². The van der Waals surface area contributed by atoms with E-state index in [4.69, 9.17) is 0 Å². The fourth-order valence-electron chi connectivity index (χ4n) is 1.20. The predicted octanol–water partition coefficient (Wildman–Crippen LogP) is 3.80. The fourth-order valence-corrected chi connectivity index (χ4v) is 1.20. The summed E-state index contributed by atoms with van der Waals surface area (Å²) in [5.74, 6) is 0. The fraction of sp³-hybridized carbons (Fsp3) is 0.538. The molecule has 0 spiro atoms. The molecule has 0 rings (SSSR count). The summed E-state index contributed by atoms with van der Waals surface area (Å²) in [4.78, 5) is 0. The Kier molecular flexibility index (Phi) is 6.91. The van der Waals surface area contributed by atoms with Gasteiger partial charge in [0.05, 0.1) is 0 Å². The maximum atomic E-state index is 3.64. The summed E-state index contributed by atoms with van der Waals surface area (Å²) in [6.07, 6.45) is 8.10. The second-order valence-electron chi connectivity index (χ2n) is 3.70. The first kappa shape index (κ1) is 13.0. The van der Waals surface area contributed by atoms with Crippen LogP contribution in [0.25, 0.3) is 0 Å². The highest BCUT2D eigenvalue weighted by Crippen LogP contribution is 2.06. The molecule has 0 saturated heterocycles.